The van der Waals surface area contributed by atoms with E-state index in [2.05, 4.69) is 15.7 Å². The second-order valence-corrected chi connectivity index (χ2v) is 14.3. The Labute approximate surface area is 312 Å². The molecule has 2 atom stereocenters. The number of carbonyl (C=O) groups is 3. The van der Waals surface area contributed by atoms with E-state index in [1.807, 2.05) is 18.2 Å². The number of fused-ring (bicyclic) bond motifs is 2. The number of piperidine rings is 1. The van der Waals surface area contributed by atoms with Gasteiger partial charge in [-0.2, -0.15) is 26.3 Å². The standard InChI is InChI=1S/C39H40F7N3O6/c1-47(21-34(51)53-2)33(50)22-54-32-19-25-5-3-4-6-31(25)36(32)11-14-48(15-12-36)16-13-37(27-7-9-30(40)10-8-27)23-49(24-55-37)35(52)26-17-28(38(41,42)43)20-29(18-26)39(44,45)46/h3-10,17-18,20,32H,11-16,19,21-24H2,1-2H3/t32-,37-/m0/s1. The minimum atomic E-state index is -5.13. The fourth-order valence-electron chi connectivity index (χ4n) is 7.92. The van der Waals surface area contributed by atoms with Gasteiger partial charge in [-0.15, -0.1) is 0 Å². The smallest absolute Gasteiger partial charge is 0.416 e. The second-order valence-electron chi connectivity index (χ2n) is 14.3. The molecule has 0 radical (unpaired) electrons. The lowest BCUT2D eigenvalue weighted by Crippen LogP contribution is -2.50. The van der Waals surface area contributed by atoms with Crippen molar-refractivity contribution in [2.45, 2.75) is 55.2 Å². The van der Waals surface area contributed by atoms with Gasteiger partial charge < -0.3 is 28.9 Å². The van der Waals surface area contributed by atoms with E-state index in [1.165, 1.54) is 43.3 Å². The quantitative estimate of drug-likeness (QED) is 0.179. The van der Waals surface area contributed by atoms with Crippen LogP contribution in [0.2, 0.25) is 0 Å². The number of likely N-dealkylation sites (tertiary alicyclic amines) is 1. The molecule has 9 nitrogen and oxygen atoms in total. The number of methoxy groups -OCH3 is 1. The van der Waals surface area contributed by atoms with E-state index >= 15 is 0 Å². The molecule has 2 saturated heterocycles. The number of hydrogen-bond donors (Lipinski definition) is 0. The average Bonchev–Trinajstić information content (AvgIpc) is 3.72. The summed E-state index contributed by atoms with van der Waals surface area (Å²) in [5.41, 5.74) is -2.86. The predicted molar refractivity (Wildman–Crippen MR) is 183 cm³/mol. The van der Waals surface area contributed by atoms with Crippen molar-refractivity contribution in [3.63, 3.8) is 0 Å². The maximum absolute atomic E-state index is 14.0. The zero-order valence-electron chi connectivity index (χ0n) is 30.1. The van der Waals surface area contributed by atoms with Crippen LogP contribution in [0.25, 0.3) is 0 Å². The number of carbonyl (C=O) groups excluding carboxylic acids is 3. The Morgan fingerprint density at radius 1 is 0.927 bits per heavy atom. The Balaban J connectivity index is 1.17. The molecule has 16 heteroatoms. The van der Waals surface area contributed by atoms with Crippen LogP contribution in [0.15, 0.2) is 66.7 Å². The highest BCUT2D eigenvalue weighted by atomic mass is 19.4. The lowest BCUT2D eigenvalue weighted by atomic mass is 9.72. The first-order chi connectivity index (χ1) is 25.9. The zero-order valence-corrected chi connectivity index (χ0v) is 30.1. The summed E-state index contributed by atoms with van der Waals surface area (Å²) >= 11 is 0. The summed E-state index contributed by atoms with van der Waals surface area (Å²) in [4.78, 5) is 42.5. The van der Waals surface area contributed by atoms with Crippen molar-refractivity contribution in [3.05, 3.63) is 106 Å². The van der Waals surface area contributed by atoms with Gasteiger partial charge in [-0.1, -0.05) is 36.4 Å². The monoisotopic (exact) mass is 779 g/mol. The number of alkyl halides is 6. The SMILES string of the molecule is COC(=O)CN(C)C(=O)CO[C@H]1Cc2ccccc2C12CCN(CC[C@@]1(c3ccc(F)cc3)CN(C(=O)c3cc(C(F)(F)F)cc(C(F)(F)F)c3)CO1)CC2. The largest absolute Gasteiger partial charge is 0.468 e. The molecular weight excluding hydrogens is 739 g/mol. The number of benzene rings is 3. The molecule has 0 saturated carbocycles. The van der Waals surface area contributed by atoms with Crippen LogP contribution in [-0.2, 0) is 53.6 Å². The maximum Gasteiger partial charge on any atom is 0.416 e. The summed E-state index contributed by atoms with van der Waals surface area (Å²) in [5.74, 6) is -2.51. The zero-order chi connectivity index (χ0) is 39.8. The molecule has 1 spiro atoms. The number of rotatable bonds is 10. The highest BCUT2D eigenvalue weighted by Crippen LogP contribution is 2.48. The van der Waals surface area contributed by atoms with Crippen LogP contribution in [0.3, 0.4) is 0 Å². The molecule has 1 aliphatic carbocycles. The third kappa shape index (κ3) is 8.50. The number of ether oxygens (including phenoxy) is 3. The van der Waals surface area contributed by atoms with E-state index < -0.39 is 64.5 Å². The van der Waals surface area contributed by atoms with Crippen molar-refractivity contribution in [2.24, 2.45) is 0 Å². The minimum Gasteiger partial charge on any atom is -0.468 e. The lowest BCUT2D eigenvalue weighted by molar-refractivity contribution is -0.149. The number of amides is 2. The van der Waals surface area contributed by atoms with Crippen LogP contribution in [0.1, 0.15) is 57.4 Å². The van der Waals surface area contributed by atoms with Crippen LogP contribution in [0.4, 0.5) is 30.7 Å². The lowest BCUT2D eigenvalue weighted by Gasteiger charge is -2.44. The number of nitrogens with zero attached hydrogens (tertiary/aromatic N) is 3. The molecular formula is C39H40F7N3O6. The Hall–Kier alpha value is -4.54. The Kier molecular flexibility index (Phi) is 11.3. The molecule has 0 N–H and O–H groups in total. The van der Waals surface area contributed by atoms with Gasteiger partial charge in [0.25, 0.3) is 5.91 Å². The molecule has 55 heavy (non-hydrogen) atoms. The average molecular weight is 780 g/mol. The topological polar surface area (TPSA) is 88.6 Å². The van der Waals surface area contributed by atoms with Crippen molar-refractivity contribution < 1.29 is 59.3 Å². The fraction of sp³-hybridized carbons (Fsp3) is 0.462. The highest BCUT2D eigenvalue weighted by Gasteiger charge is 2.50. The first-order valence-corrected chi connectivity index (χ1v) is 17.7. The molecule has 296 valence electrons. The van der Waals surface area contributed by atoms with E-state index in [1.54, 1.807) is 0 Å². The van der Waals surface area contributed by atoms with Crippen LogP contribution < -0.4 is 0 Å². The van der Waals surface area contributed by atoms with Gasteiger partial charge in [0.05, 0.1) is 30.9 Å². The van der Waals surface area contributed by atoms with Crippen molar-refractivity contribution in [2.75, 3.05) is 60.2 Å². The molecule has 2 heterocycles. The Bertz CT molecular complexity index is 1860. The van der Waals surface area contributed by atoms with Crippen molar-refractivity contribution in [3.8, 4) is 0 Å². The van der Waals surface area contributed by atoms with Crippen LogP contribution in [0.5, 0.6) is 0 Å². The summed E-state index contributed by atoms with van der Waals surface area (Å²) < 4.78 is 113. The van der Waals surface area contributed by atoms with Crippen molar-refractivity contribution >= 4 is 17.8 Å². The van der Waals surface area contributed by atoms with Gasteiger partial charge in [-0.05, 0) is 85.8 Å². The third-order valence-corrected chi connectivity index (χ3v) is 11.0. The number of likely N-dealkylation sites (N-methyl/N-ethyl adjacent to an activating group) is 1. The number of esters is 1. The molecule has 2 amide bonds. The molecule has 3 aliphatic rings. The fourth-order valence-corrected chi connectivity index (χ4v) is 7.92. The van der Waals surface area contributed by atoms with Crippen LogP contribution >= 0.6 is 0 Å². The molecule has 2 aliphatic heterocycles. The molecule has 0 aromatic heterocycles. The summed E-state index contributed by atoms with van der Waals surface area (Å²) in [6.07, 6.45) is -8.35. The summed E-state index contributed by atoms with van der Waals surface area (Å²) in [6, 6.07) is 14.2. The Morgan fingerprint density at radius 2 is 1.56 bits per heavy atom. The molecule has 3 aromatic rings. The van der Waals surface area contributed by atoms with Crippen molar-refractivity contribution in [1.29, 1.82) is 0 Å². The number of halogens is 7. The van der Waals surface area contributed by atoms with Crippen molar-refractivity contribution in [1.82, 2.24) is 14.7 Å². The molecule has 0 bridgehead atoms. The van der Waals surface area contributed by atoms with E-state index in [4.69, 9.17) is 9.47 Å². The van der Waals surface area contributed by atoms with Gasteiger partial charge in [-0.25, -0.2) is 4.39 Å². The van der Waals surface area contributed by atoms with E-state index in [-0.39, 0.29) is 44.2 Å². The predicted octanol–water partition coefficient (Wildman–Crippen LogP) is 6.19. The summed E-state index contributed by atoms with van der Waals surface area (Å²) in [5, 5.41) is 0. The van der Waals surface area contributed by atoms with E-state index in [0.717, 1.165) is 16.0 Å². The van der Waals surface area contributed by atoms with Gasteiger partial charge in [0.2, 0.25) is 5.91 Å². The van der Waals surface area contributed by atoms with Gasteiger partial charge >= 0.3 is 18.3 Å². The molecule has 2 fully saturated rings. The summed E-state index contributed by atoms with van der Waals surface area (Å²) in [7, 11) is 2.74. The van der Waals surface area contributed by atoms with Gasteiger partial charge in [0.1, 0.15) is 31.3 Å². The van der Waals surface area contributed by atoms with E-state index in [0.29, 0.717) is 56.6 Å². The molecule has 3 aromatic carbocycles. The third-order valence-electron chi connectivity index (χ3n) is 11.0. The normalized spacial score (nSPS) is 21.1. The van der Waals surface area contributed by atoms with Crippen LogP contribution in [-0.4, -0.2) is 98.8 Å². The summed E-state index contributed by atoms with van der Waals surface area (Å²) in [6.45, 7) is 0.607. The van der Waals surface area contributed by atoms with Gasteiger partial charge in [0, 0.05) is 24.6 Å². The minimum absolute atomic E-state index is 0.0346. The molecule has 6 rings (SSSR count). The maximum atomic E-state index is 14.0. The van der Waals surface area contributed by atoms with Gasteiger partial charge in [-0.3, -0.25) is 14.4 Å². The van der Waals surface area contributed by atoms with E-state index in [9.17, 15) is 45.1 Å². The van der Waals surface area contributed by atoms with Gasteiger partial charge in [0.15, 0.2) is 0 Å². The second kappa shape index (κ2) is 15.5. The Morgan fingerprint density at radius 3 is 2.18 bits per heavy atom. The first-order valence-electron chi connectivity index (χ1n) is 17.7. The number of hydrogen-bond acceptors (Lipinski definition) is 7. The molecule has 0 unspecified atom stereocenters. The van der Waals surface area contributed by atoms with Crippen LogP contribution in [0, 0.1) is 5.82 Å². The first kappa shape index (κ1) is 40.1. The highest BCUT2D eigenvalue weighted by molar-refractivity contribution is 5.95.